The molecule has 1 heterocycles. The monoisotopic (exact) mass is 289 g/mol. The van der Waals surface area contributed by atoms with Crippen LogP contribution in [-0.4, -0.2) is 27.1 Å². The predicted molar refractivity (Wildman–Crippen MR) is 83.7 cm³/mol. The molecule has 0 atom stereocenters. The fourth-order valence-electron chi connectivity index (χ4n) is 2.64. The van der Waals surface area contributed by atoms with E-state index in [4.69, 9.17) is 5.41 Å². The molecule has 1 fully saturated rings. The molecule has 1 aromatic heterocycles. The zero-order valence-electron chi connectivity index (χ0n) is 13.3. The van der Waals surface area contributed by atoms with Gasteiger partial charge in [0.05, 0.1) is 11.9 Å². The van der Waals surface area contributed by atoms with Gasteiger partial charge in [-0.05, 0) is 45.1 Å². The maximum absolute atomic E-state index is 12.3. The number of hydrogen-bond acceptors (Lipinski definition) is 2. The number of carbonyl (C=O) groups excluding carboxylic acids is 1. The number of nitrogens with two attached hydrogens (primary N) is 1. The molecule has 0 saturated heterocycles. The van der Waals surface area contributed by atoms with Crippen molar-refractivity contribution in [3.63, 3.8) is 0 Å². The van der Waals surface area contributed by atoms with E-state index < -0.39 is 0 Å². The van der Waals surface area contributed by atoms with Crippen molar-refractivity contribution < 1.29 is 10.2 Å². The lowest BCUT2D eigenvalue weighted by Crippen LogP contribution is -2.51. The van der Waals surface area contributed by atoms with E-state index in [-0.39, 0.29) is 11.4 Å². The van der Waals surface area contributed by atoms with Gasteiger partial charge in [-0.2, -0.15) is 0 Å². The van der Waals surface area contributed by atoms with Gasteiger partial charge in [0.15, 0.2) is 11.5 Å². The Morgan fingerprint density at radius 2 is 2.14 bits per heavy atom. The van der Waals surface area contributed by atoms with Gasteiger partial charge >= 0.3 is 0 Å². The fraction of sp³-hybridized carbons (Fsp3) is 0.562. The molecule has 2 rings (SSSR count). The van der Waals surface area contributed by atoms with Crippen molar-refractivity contribution in [2.45, 2.75) is 52.5 Å². The summed E-state index contributed by atoms with van der Waals surface area (Å²) in [5, 5.41) is 8.75. The summed E-state index contributed by atoms with van der Waals surface area (Å²) in [6.45, 7) is 7.92. The zero-order valence-corrected chi connectivity index (χ0v) is 13.3. The fourth-order valence-corrected chi connectivity index (χ4v) is 2.64. The Morgan fingerprint density at radius 1 is 1.48 bits per heavy atom. The van der Waals surface area contributed by atoms with Crippen molar-refractivity contribution in [3.8, 4) is 0 Å². The first-order valence-electron chi connectivity index (χ1n) is 7.45. The van der Waals surface area contributed by atoms with Gasteiger partial charge < -0.3 is 10.3 Å². The van der Waals surface area contributed by atoms with Crippen LogP contribution in [0, 0.1) is 5.92 Å². The van der Waals surface area contributed by atoms with Crippen molar-refractivity contribution in [2.24, 2.45) is 5.92 Å². The summed E-state index contributed by atoms with van der Waals surface area (Å²) in [5.74, 6) is 0.756. The van der Waals surface area contributed by atoms with Gasteiger partial charge in [0.1, 0.15) is 0 Å². The van der Waals surface area contributed by atoms with Gasteiger partial charge in [0.2, 0.25) is 0 Å². The first-order valence-corrected chi connectivity index (χ1v) is 7.45. The summed E-state index contributed by atoms with van der Waals surface area (Å²) < 4.78 is 0. The number of aromatic amines is 1. The molecular formula is C16H25N4O+. The largest absolute Gasteiger partial charge is 0.344 e. The molecule has 1 aliphatic rings. The number of H-pyrrole nitrogens is 1. The molecule has 1 saturated carbocycles. The van der Waals surface area contributed by atoms with Gasteiger partial charge in [0, 0.05) is 18.5 Å². The Kier molecular flexibility index (Phi) is 4.30. The third-order valence-electron chi connectivity index (χ3n) is 4.22. The van der Waals surface area contributed by atoms with Crippen molar-refractivity contribution >= 4 is 17.2 Å². The van der Waals surface area contributed by atoms with Crippen LogP contribution in [0.1, 0.15) is 63.3 Å². The molecule has 0 aromatic carbocycles. The molecule has 0 unspecified atom stereocenters. The quantitative estimate of drug-likeness (QED) is 0.715. The van der Waals surface area contributed by atoms with Crippen LogP contribution < -0.4 is 10.7 Å². The molecule has 21 heavy (non-hydrogen) atoms. The molecule has 5 heteroatoms. The van der Waals surface area contributed by atoms with E-state index in [1.54, 1.807) is 6.20 Å². The Balaban J connectivity index is 2.07. The lowest BCUT2D eigenvalue weighted by molar-refractivity contribution is -0.112. The van der Waals surface area contributed by atoms with Gasteiger partial charge in [0.25, 0.3) is 5.91 Å². The predicted octanol–water partition coefficient (Wildman–Crippen LogP) is 1.34. The standard InChI is InChI=1S/C16H24N4O/c1-10(8-11(2)17)13-9-18-14(19-13)15(21)20-16(3,4)12-6-5-7-12/h8-9,12,17H,5-7H2,1-4H3,(H,18,19)(H,20,21)/p+1/b10-8-,17-11?. The van der Waals surface area contributed by atoms with Gasteiger partial charge in [-0.25, -0.2) is 4.98 Å². The van der Waals surface area contributed by atoms with E-state index in [0.29, 0.717) is 11.7 Å². The number of nitrogens with zero attached hydrogens (tertiary/aromatic N) is 1. The Morgan fingerprint density at radius 3 is 2.67 bits per heavy atom. The van der Waals surface area contributed by atoms with Gasteiger partial charge in [-0.1, -0.05) is 6.42 Å². The molecule has 0 spiro atoms. The van der Waals surface area contributed by atoms with Crippen LogP contribution in [0.3, 0.4) is 0 Å². The van der Waals surface area contributed by atoms with Crippen molar-refractivity contribution in [1.29, 1.82) is 0 Å². The molecule has 1 amide bonds. The highest BCUT2D eigenvalue weighted by molar-refractivity contribution is 5.95. The molecule has 1 aliphatic carbocycles. The summed E-state index contributed by atoms with van der Waals surface area (Å²) >= 11 is 0. The first kappa shape index (κ1) is 15.5. The third-order valence-corrected chi connectivity index (χ3v) is 4.22. The van der Waals surface area contributed by atoms with Crippen molar-refractivity contribution in [2.75, 3.05) is 0 Å². The van der Waals surface area contributed by atoms with Crippen LogP contribution in [0.15, 0.2) is 12.3 Å². The van der Waals surface area contributed by atoms with Crippen LogP contribution in [0.25, 0.3) is 5.57 Å². The van der Waals surface area contributed by atoms with E-state index in [0.717, 1.165) is 17.0 Å². The number of hydrogen-bond donors (Lipinski definition) is 3. The van der Waals surface area contributed by atoms with E-state index in [9.17, 15) is 4.79 Å². The van der Waals surface area contributed by atoms with Crippen LogP contribution in [0.5, 0.6) is 0 Å². The number of rotatable bonds is 5. The molecule has 1 aromatic rings. The Labute approximate surface area is 125 Å². The van der Waals surface area contributed by atoms with Crippen LogP contribution in [-0.2, 0) is 0 Å². The Bertz CT molecular complexity index is 579. The van der Waals surface area contributed by atoms with E-state index >= 15 is 0 Å². The highest BCUT2D eigenvalue weighted by atomic mass is 16.2. The molecular weight excluding hydrogens is 264 g/mol. The average molecular weight is 289 g/mol. The minimum absolute atomic E-state index is 0.153. The van der Waals surface area contributed by atoms with Gasteiger partial charge in [-0.15, -0.1) is 0 Å². The third kappa shape index (κ3) is 3.60. The summed E-state index contributed by atoms with van der Waals surface area (Å²) in [6.07, 6.45) is 7.15. The Hall–Kier alpha value is -1.91. The lowest BCUT2D eigenvalue weighted by Gasteiger charge is -2.40. The second-order valence-electron chi connectivity index (χ2n) is 6.52. The molecule has 0 bridgehead atoms. The molecule has 5 nitrogen and oxygen atoms in total. The number of carbonyl (C=O) groups is 1. The zero-order chi connectivity index (χ0) is 15.6. The van der Waals surface area contributed by atoms with Crippen LogP contribution in [0.4, 0.5) is 0 Å². The summed E-state index contributed by atoms with van der Waals surface area (Å²) in [7, 11) is 0. The maximum atomic E-state index is 12.3. The van der Waals surface area contributed by atoms with E-state index in [1.807, 2.05) is 19.9 Å². The number of imidazole rings is 1. The normalized spacial score (nSPS) is 16.5. The summed E-state index contributed by atoms with van der Waals surface area (Å²) in [6, 6.07) is 0. The second-order valence-corrected chi connectivity index (χ2v) is 6.52. The number of amides is 1. The molecule has 0 aliphatic heterocycles. The minimum atomic E-state index is -0.186. The molecule has 4 N–H and O–H groups in total. The van der Waals surface area contributed by atoms with Crippen molar-refractivity contribution in [3.05, 3.63) is 23.8 Å². The summed E-state index contributed by atoms with van der Waals surface area (Å²) in [5.41, 5.74) is 2.31. The lowest BCUT2D eigenvalue weighted by atomic mass is 9.72. The van der Waals surface area contributed by atoms with Gasteiger partial charge in [-0.3, -0.25) is 10.2 Å². The van der Waals surface area contributed by atoms with Crippen LogP contribution >= 0.6 is 0 Å². The molecule has 114 valence electrons. The molecule has 0 radical (unpaired) electrons. The maximum Gasteiger partial charge on any atom is 0.287 e. The number of allylic oxidation sites excluding steroid dienone is 2. The highest BCUT2D eigenvalue weighted by Gasteiger charge is 2.35. The van der Waals surface area contributed by atoms with E-state index in [2.05, 4.69) is 29.1 Å². The number of aromatic nitrogens is 2. The smallest absolute Gasteiger partial charge is 0.287 e. The minimum Gasteiger partial charge on any atom is -0.344 e. The highest BCUT2D eigenvalue weighted by Crippen LogP contribution is 2.35. The summed E-state index contributed by atoms with van der Waals surface area (Å²) in [4.78, 5) is 19.5. The van der Waals surface area contributed by atoms with Crippen LogP contribution in [0.2, 0.25) is 0 Å². The first-order chi connectivity index (χ1) is 9.79. The van der Waals surface area contributed by atoms with Crippen molar-refractivity contribution in [1.82, 2.24) is 15.3 Å². The number of nitrogens with one attached hydrogen (secondary N) is 2. The average Bonchev–Trinajstić information content (AvgIpc) is 2.72. The topological polar surface area (TPSA) is 83.4 Å². The SMILES string of the molecule is CC(=[NH2+])/C=C(/C)c1cnc(C(=O)NC(C)(C)C2CCC2)[nH]1. The van der Waals surface area contributed by atoms with E-state index in [1.165, 1.54) is 19.3 Å². The second kappa shape index (κ2) is 5.84.